The molecule has 1 aliphatic rings. The van der Waals surface area contributed by atoms with E-state index in [1.165, 1.54) is 12.8 Å². The van der Waals surface area contributed by atoms with Crippen LogP contribution in [0.5, 0.6) is 0 Å². The van der Waals surface area contributed by atoms with Crippen molar-refractivity contribution in [3.05, 3.63) is 0 Å². The second kappa shape index (κ2) is 9.01. The summed E-state index contributed by atoms with van der Waals surface area (Å²) in [4.78, 5) is 2.33. The van der Waals surface area contributed by atoms with Gasteiger partial charge in [0.2, 0.25) is 0 Å². The first-order chi connectivity index (χ1) is 5.75. The zero-order chi connectivity index (χ0) is 10.1. The van der Waals surface area contributed by atoms with E-state index in [4.69, 9.17) is 5.11 Å². The molecular formula is C10H25NO. The van der Waals surface area contributed by atoms with Gasteiger partial charge in [0.15, 0.2) is 0 Å². The van der Waals surface area contributed by atoms with Gasteiger partial charge in [-0.05, 0) is 26.4 Å². The second-order valence-corrected chi connectivity index (χ2v) is 2.93. The summed E-state index contributed by atoms with van der Waals surface area (Å²) in [5, 5.41) is 7.00. The normalized spacial score (nSPS) is 25.0. The Morgan fingerprint density at radius 2 is 1.67 bits per heavy atom. The molecule has 0 aliphatic heterocycles. The molecular weight excluding hydrogens is 150 g/mol. The van der Waals surface area contributed by atoms with E-state index in [0.717, 1.165) is 19.1 Å². The van der Waals surface area contributed by atoms with E-state index in [1.807, 2.05) is 13.8 Å². The lowest BCUT2D eigenvalue weighted by atomic mass is 10.3. The topological polar surface area (TPSA) is 23.5 Å². The maximum Gasteiger partial charge on any atom is 0.0319 e. The van der Waals surface area contributed by atoms with Gasteiger partial charge in [0, 0.05) is 13.2 Å². The summed E-state index contributed by atoms with van der Waals surface area (Å²) in [5.41, 5.74) is 0. The highest BCUT2D eigenvalue weighted by Crippen LogP contribution is 2.36. The molecule has 1 aliphatic carbocycles. The average Bonchev–Trinajstić information content (AvgIpc) is 2.90. The molecule has 2 atom stereocenters. The molecule has 0 aromatic rings. The van der Waals surface area contributed by atoms with Gasteiger partial charge in [-0.1, -0.05) is 27.2 Å². The lowest BCUT2D eigenvalue weighted by Crippen LogP contribution is -2.15. The molecule has 2 nitrogen and oxygen atoms in total. The Morgan fingerprint density at radius 3 is 1.75 bits per heavy atom. The predicted molar refractivity (Wildman–Crippen MR) is 55.4 cm³/mol. The van der Waals surface area contributed by atoms with Crippen LogP contribution in [0, 0.1) is 5.92 Å². The van der Waals surface area contributed by atoms with Crippen molar-refractivity contribution in [2.75, 3.05) is 21.2 Å². The Labute approximate surface area is 77.6 Å². The number of hydrogen-bond donors (Lipinski definition) is 1. The molecule has 12 heavy (non-hydrogen) atoms. The Morgan fingerprint density at radius 1 is 1.25 bits per heavy atom. The molecule has 1 N–H and O–H groups in total. The van der Waals surface area contributed by atoms with Gasteiger partial charge < -0.3 is 10.0 Å². The van der Waals surface area contributed by atoms with Gasteiger partial charge in [-0.3, -0.25) is 0 Å². The van der Waals surface area contributed by atoms with Crippen LogP contribution in [0.2, 0.25) is 0 Å². The molecule has 0 bridgehead atoms. The molecule has 2 heteroatoms. The first kappa shape index (κ1) is 14.4. The zero-order valence-corrected chi connectivity index (χ0v) is 9.46. The van der Waals surface area contributed by atoms with E-state index < -0.39 is 0 Å². The minimum atomic E-state index is 0.917. The molecule has 1 rings (SSSR count). The molecule has 0 saturated heterocycles. The van der Waals surface area contributed by atoms with Crippen LogP contribution in [0.3, 0.4) is 0 Å². The fourth-order valence-electron chi connectivity index (χ4n) is 1.30. The summed E-state index contributed by atoms with van der Waals surface area (Å²) >= 11 is 0. The smallest absolute Gasteiger partial charge is 0.0319 e. The second-order valence-electron chi connectivity index (χ2n) is 2.93. The van der Waals surface area contributed by atoms with Gasteiger partial charge >= 0.3 is 0 Å². The van der Waals surface area contributed by atoms with Gasteiger partial charge in [0.25, 0.3) is 0 Å². The summed E-state index contributed by atoms with van der Waals surface area (Å²) in [6, 6.07) is 0.917. The molecule has 1 fully saturated rings. The molecule has 0 heterocycles. The third-order valence-corrected chi connectivity index (χ3v) is 2.07. The van der Waals surface area contributed by atoms with Crippen molar-refractivity contribution < 1.29 is 5.11 Å². The SMILES string of the molecule is CC.CCC1CC1N(C)C.CO. The van der Waals surface area contributed by atoms with E-state index >= 15 is 0 Å². The van der Waals surface area contributed by atoms with Gasteiger partial charge in [-0.15, -0.1) is 0 Å². The molecule has 1 saturated carbocycles. The zero-order valence-electron chi connectivity index (χ0n) is 9.46. The number of aliphatic hydroxyl groups excluding tert-OH is 1. The molecule has 2 unspecified atom stereocenters. The Kier molecular flexibility index (Phi) is 10.8. The van der Waals surface area contributed by atoms with E-state index in [0.29, 0.717) is 0 Å². The van der Waals surface area contributed by atoms with Crippen molar-refractivity contribution in [2.24, 2.45) is 5.92 Å². The largest absolute Gasteiger partial charge is 0.400 e. The van der Waals surface area contributed by atoms with Crippen molar-refractivity contribution in [2.45, 2.75) is 39.7 Å². The minimum absolute atomic E-state index is 0.917. The standard InChI is InChI=1S/C7H15N.C2H6.CH4O/c1-4-6-5-7(6)8(2)3;2*1-2/h6-7H,4-5H2,1-3H3;1-2H3;2H,1H3. The molecule has 0 spiro atoms. The van der Waals surface area contributed by atoms with Crippen LogP contribution < -0.4 is 0 Å². The highest BCUT2D eigenvalue weighted by atomic mass is 16.2. The van der Waals surface area contributed by atoms with Gasteiger partial charge in [0.05, 0.1) is 0 Å². The van der Waals surface area contributed by atoms with Crippen LogP contribution in [0.4, 0.5) is 0 Å². The lowest BCUT2D eigenvalue weighted by molar-refractivity contribution is 0.375. The molecule has 0 aromatic heterocycles. The van der Waals surface area contributed by atoms with Crippen molar-refractivity contribution in [3.63, 3.8) is 0 Å². The van der Waals surface area contributed by atoms with Gasteiger partial charge in [-0.25, -0.2) is 0 Å². The van der Waals surface area contributed by atoms with E-state index in [-0.39, 0.29) is 0 Å². The van der Waals surface area contributed by atoms with Crippen LogP contribution in [0.15, 0.2) is 0 Å². The van der Waals surface area contributed by atoms with Crippen molar-refractivity contribution in [1.29, 1.82) is 0 Å². The number of aliphatic hydroxyl groups is 1. The minimum Gasteiger partial charge on any atom is -0.400 e. The lowest BCUT2D eigenvalue weighted by Gasteiger charge is -2.06. The highest BCUT2D eigenvalue weighted by molar-refractivity contribution is 4.91. The highest BCUT2D eigenvalue weighted by Gasteiger charge is 2.36. The summed E-state index contributed by atoms with van der Waals surface area (Å²) in [5.74, 6) is 1.02. The van der Waals surface area contributed by atoms with E-state index in [1.54, 1.807) is 0 Å². The predicted octanol–water partition coefficient (Wildman–Crippen LogP) is 1.98. The molecule has 0 aromatic carbocycles. The van der Waals surface area contributed by atoms with Crippen LogP contribution in [0.1, 0.15) is 33.6 Å². The fourth-order valence-corrected chi connectivity index (χ4v) is 1.30. The van der Waals surface area contributed by atoms with E-state index in [2.05, 4.69) is 25.9 Å². The van der Waals surface area contributed by atoms with E-state index in [9.17, 15) is 0 Å². The maximum atomic E-state index is 7.00. The first-order valence-electron chi connectivity index (χ1n) is 4.87. The van der Waals surface area contributed by atoms with Crippen LogP contribution in [-0.4, -0.2) is 37.3 Å². The van der Waals surface area contributed by atoms with Crippen molar-refractivity contribution >= 4 is 0 Å². The summed E-state index contributed by atoms with van der Waals surface area (Å²) in [6.07, 6.45) is 2.80. The Balaban J connectivity index is 0. The quantitative estimate of drug-likeness (QED) is 0.693. The molecule has 0 radical (unpaired) electrons. The average molecular weight is 175 g/mol. The number of nitrogens with zero attached hydrogens (tertiary/aromatic N) is 1. The van der Waals surface area contributed by atoms with Crippen LogP contribution in [-0.2, 0) is 0 Å². The van der Waals surface area contributed by atoms with Gasteiger partial charge in [-0.2, -0.15) is 0 Å². The van der Waals surface area contributed by atoms with Crippen molar-refractivity contribution in [1.82, 2.24) is 4.90 Å². The third kappa shape index (κ3) is 5.56. The third-order valence-electron chi connectivity index (χ3n) is 2.07. The van der Waals surface area contributed by atoms with Crippen LogP contribution >= 0.6 is 0 Å². The fraction of sp³-hybridized carbons (Fsp3) is 1.00. The first-order valence-corrected chi connectivity index (χ1v) is 4.87. The summed E-state index contributed by atoms with van der Waals surface area (Å²) < 4.78 is 0. The molecule has 76 valence electrons. The maximum absolute atomic E-state index is 7.00. The summed E-state index contributed by atoms with van der Waals surface area (Å²) in [7, 11) is 5.33. The summed E-state index contributed by atoms with van der Waals surface area (Å²) in [6.45, 7) is 6.27. The number of rotatable bonds is 2. The Bertz CT molecular complexity index is 83.9. The van der Waals surface area contributed by atoms with Crippen molar-refractivity contribution in [3.8, 4) is 0 Å². The van der Waals surface area contributed by atoms with Crippen LogP contribution in [0.25, 0.3) is 0 Å². The number of hydrogen-bond acceptors (Lipinski definition) is 2. The Hall–Kier alpha value is -0.0800. The monoisotopic (exact) mass is 175 g/mol. The molecule has 0 amide bonds. The van der Waals surface area contributed by atoms with Gasteiger partial charge in [0.1, 0.15) is 0 Å².